The summed E-state index contributed by atoms with van der Waals surface area (Å²) in [5.41, 5.74) is 1.83. The highest BCUT2D eigenvalue weighted by atomic mass is 32.1. The van der Waals surface area contributed by atoms with Crippen LogP contribution in [0.15, 0.2) is 24.3 Å². The minimum atomic E-state index is 0.195. The summed E-state index contributed by atoms with van der Waals surface area (Å²) in [5, 5.41) is 7.03. The average molecular weight is 376 g/mol. The number of rotatable bonds is 7. The number of nitrogens with zero attached hydrogens (tertiary/aromatic N) is 1. The van der Waals surface area contributed by atoms with Crippen molar-refractivity contribution in [2.75, 3.05) is 29.9 Å². The van der Waals surface area contributed by atoms with Gasteiger partial charge in [0.25, 0.3) is 0 Å². The molecule has 0 aromatic heterocycles. The van der Waals surface area contributed by atoms with Crippen LogP contribution in [0.4, 0.5) is 11.4 Å². The van der Waals surface area contributed by atoms with Gasteiger partial charge in [-0.15, -0.1) is 0 Å². The molecule has 3 rings (SSSR count). The van der Waals surface area contributed by atoms with Crippen molar-refractivity contribution in [2.45, 2.75) is 57.5 Å². The second-order valence-corrected chi connectivity index (χ2v) is 7.47. The van der Waals surface area contributed by atoms with Crippen LogP contribution in [0.1, 0.15) is 51.4 Å². The summed E-state index contributed by atoms with van der Waals surface area (Å²) in [5.74, 6) is 0.195. The van der Waals surface area contributed by atoms with Gasteiger partial charge in [0.05, 0.1) is 6.10 Å². The summed E-state index contributed by atoms with van der Waals surface area (Å²) in [6.07, 6.45) is 9.37. The first-order valence-corrected chi connectivity index (χ1v) is 10.2. The zero-order valence-electron chi connectivity index (χ0n) is 15.3. The number of ether oxygens (including phenoxy) is 1. The summed E-state index contributed by atoms with van der Waals surface area (Å²) < 4.78 is 5.92. The highest BCUT2D eigenvalue weighted by molar-refractivity contribution is 7.80. The molecule has 1 aromatic rings. The van der Waals surface area contributed by atoms with Gasteiger partial charge < -0.3 is 20.3 Å². The highest BCUT2D eigenvalue weighted by Gasteiger charge is 2.21. The number of hydrogen-bond acceptors (Lipinski definition) is 3. The van der Waals surface area contributed by atoms with Crippen LogP contribution < -0.4 is 15.5 Å². The summed E-state index contributed by atoms with van der Waals surface area (Å²) >= 11 is 5.37. The van der Waals surface area contributed by atoms with Crippen LogP contribution in [-0.2, 0) is 9.53 Å². The van der Waals surface area contributed by atoms with E-state index in [2.05, 4.69) is 10.6 Å². The highest BCUT2D eigenvalue weighted by Crippen LogP contribution is 2.24. The van der Waals surface area contributed by atoms with Crippen LogP contribution >= 0.6 is 12.2 Å². The van der Waals surface area contributed by atoms with E-state index in [-0.39, 0.29) is 5.91 Å². The Morgan fingerprint density at radius 1 is 1.23 bits per heavy atom. The lowest BCUT2D eigenvalue weighted by molar-refractivity contribution is -0.117. The van der Waals surface area contributed by atoms with E-state index in [0.29, 0.717) is 17.6 Å². The number of anilines is 2. The lowest BCUT2D eigenvalue weighted by Gasteiger charge is -2.22. The summed E-state index contributed by atoms with van der Waals surface area (Å²) in [6, 6.07) is 7.85. The molecule has 1 aliphatic heterocycles. The van der Waals surface area contributed by atoms with Crippen LogP contribution in [-0.4, -0.2) is 36.8 Å². The first-order chi connectivity index (χ1) is 12.7. The molecule has 1 saturated carbocycles. The molecule has 0 atom stereocenters. The minimum absolute atomic E-state index is 0.195. The zero-order valence-corrected chi connectivity index (χ0v) is 16.2. The molecule has 5 nitrogen and oxygen atoms in total. The van der Waals surface area contributed by atoms with Crippen molar-refractivity contribution >= 4 is 34.6 Å². The Balaban J connectivity index is 1.36. The summed E-state index contributed by atoms with van der Waals surface area (Å²) in [7, 11) is 0. The standard InChI is InChI=1S/C20H29N3O2S/c24-19-11-5-13-23(19)17-8-4-7-16(15-17)22-20(26)21-12-6-14-25-18-9-2-1-3-10-18/h4,7-8,15,18H,1-3,5-6,9-14H2,(H2,21,22,26). The number of amides is 1. The van der Waals surface area contributed by atoms with Gasteiger partial charge in [-0.05, 0) is 56.1 Å². The number of carbonyl (C=O) groups is 1. The van der Waals surface area contributed by atoms with E-state index in [4.69, 9.17) is 17.0 Å². The first kappa shape index (κ1) is 19.1. The smallest absolute Gasteiger partial charge is 0.227 e. The van der Waals surface area contributed by atoms with Crippen LogP contribution in [0.2, 0.25) is 0 Å². The third-order valence-corrected chi connectivity index (χ3v) is 5.25. The number of thiocarbonyl (C=S) groups is 1. The Bertz CT molecular complexity index is 617. The van der Waals surface area contributed by atoms with Gasteiger partial charge in [-0.2, -0.15) is 0 Å². The summed E-state index contributed by atoms with van der Waals surface area (Å²) in [6.45, 7) is 2.38. The fraction of sp³-hybridized carbons (Fsp3) is 0.600. The average Bonchev–Trinajstić information content (AvgIpc) is 3.08. The van der Waals surface area contributed by atoms with Crippen molar-refractivity contribution < 1.29 is 9.53 Å². The van der Waals surface area contributed by atoms with E-state index in [1.165, 1.54) is 32.1 Å². The molecule has 1 saturated heterocycles. The molecular weight excluding hydrogens is 346 g/mol. The predicted octanol–water partition coefficient (Wildman–Crippen LogP) is 3.84. The van der Waals surface area contributed by atoms with Gasteiger partial charge in [-0.3, -0.25) is 4.79 Å². The van der Waals surface area contributed by atoms with Crippen molar-refractivity contribution in [2.24, 2.45) is 0 Å². The molecule has 0 unspecified atom stereocenters. The largest absolute Gasteiger partial charge is 0.378 e. The van der Waals surface area contributed by atoms with E-state index in [0.717, 1.165) is 43.9 Å². The Hall–Kier alpha value is -1.66. The van der Waals surface area contributed by atoms with E-state index in [9.17, 15) is 4.79 Å². The molecule has 0 spiro atoms. The van der Waals surface area contributed by atoms with Crippen molar-refractivity contribution in [3.63, 3.8) is 0 Å². The maximum Gasteiger partial charge on any atom is 0.227 e. The number of hydrogen-bond donors (Lipinski definition) is 2. The van der Waals surface area contributed by atoms with Crippen molar-refractivity contribution in [3.05, 3.63) is 24.3 Å². The van der Waals surface area contributed by atoms with Gasteiger partial charge in [0, 0.05) is 37.5 Å². The molecule has 1 amide bonds. The van der Waals surface area contributed by atoms with Crippen molar-refractivity contribution in [1.82, 2.24) is 5.32 Å². The second kappa shape index (κ2) is 9.88. The molecule has 1 aliphatic carbocycles. The molecule has 2 fully saturated rings. The van der Waals surface area contributed by atoms with Gasteiger partial charge in [-0.1, -0.05) is 25.3 Å². The Labute approximate surface area is 161 Å². The lowest BCUT2D eigenvalue weighted by Crippen LogP contribution is -2.30. The molecule has 2 aliphatic rings. The molecule has 6 heteroatoms. The fourth-order valence-electron chi connectivity index (χ4n) is 3.60. The topological polar surface area (TPSA) is 53.6 Å². The van der Waals surface area contributed by atoms with Crippen LogP contribution in [0, 0.1) is 0 Å². The van der Waals surface area contributed by atoms with Gasteiger partial charge in [0.15, 0.2) is 5.11 Å². The van der Waals surface area contributed by atoms with Crippen molar-refractivity contribution in [1.29, 1.82) is 0 Å². The number of nitrogens with one attached hydrogen (secondary N) is 2. The molecule has 1 aromatic carbocycles. The van der Waals surface area contributed by atoms with Gasteiger partial charge in [0.1, 0.15) is 0 Å². The minimum Gasteiger partial charge on any atom is -0.378 e. The second-order valence-electron chi connectivity index (χ2n) is 7.06. The summed E-state index contributed by atoms with van der Waals surface area (Å²) in [4.78, 5) is 13.7. The van der Waals surface area contributed by atoms with Gasteiger partial charge >= 0.3 is 0 Å². The maximum absolute atomic E-state index is 11.9. The molecule has 26 heavy (non-hydrogen) atoms. The molecule has 2 N–H and O–H groups in total. The fourth-order valence-corrected chi connectivity index (χ4v) is 3.82. The van der Waals surface area contributed by atoms with E-state index in [1.54, 1.807) is 0 Å². The Kier molecular flexibility index (Phi) is 7.26. The monoisotopic (exact) mass is 375 g/mol. The maximum atomic E-state index is 11.9. The van der Waals surface area contributed by atoms with E-state index in [1.807, 2.05) is 29.2 Å². The zero-order chi connectivity index (χ0) is 18.2. The van der Waals surface area contributed by atoms with Gasteiger partial charge in [-0.25, -0.2) is 0 Å². The predicted molar refractivity (Wildman–Crippen MR) is 110 cm³/mol. The first-order valence-electron chi connectivity index (χ1n) is 9.79. The van der Waals surface area contributed by atoms with Crippen molar-refractivity contribution in [3.8, 4) is 0 Å². The van der Waals surface area contributed by atoms with Crippen LogP contribution in [0.25, 0.3) is 0 Å². The van der Waals surface area contributed by atoms with Gasteiger partial charge in [0.2, 0.25) is 5.91 Å². The number of carbonyl (C=O) groups excluding carboxylic acids is 1. The third-order valence-electron chi connectivity index (χ3n) is 5.00. The van der Waals surface area contributed by atoms with E-state index < -0.39 is 0 Å². The third kappa shape index (κ3) is 5.68. The van der Waals surface area contributed by atoms with E-state index >= 15 is 0 Å². The molecular formula is C20H29N3O2S. The quantitative estimate of drug-likeness (QED) is 0.560. The Morgan fingerprint density at radius 3 is 2.85 bits per heavy atom. The molecule has 0 bridgehead atoms. The normalized spacial score (nSPS) is 18.2. The number of benzene rings is 1. The van der Waals surface area contributed by atoms with Crippen LogP contribution in [0.3, 0.4) is 0 Å². The lowest BCUT2D eigenvalue weighted by atomic mass is 9.98. The SMILES string of the molecule is O=C1CCCN1c1cccc(NC(=S)NCCCOC2CCCCC2)c1. The van der Waals surface area contributed by atoms with Crippen LogP contribution in [0.5, 0.6) is 0 Å². The molecule has 0 radical (unpaired) electrons. The molecule has 1 heterocycles. The Morgan fingerprint density at radius 2 is 2.08 bits per heavy atom. The molecule has 142 valence electrons.